The maximum Gasteiger partial charge on any atom is 0.408 e. The summed E-state index contributed by atoms with van der Waals surface area (Å²) in [5.41, 5.74) is -3.09. The molecule has 1 saturated heterocycles. The van der Waals surface area contributed by atoms with Gasteiger partial charge < -0.3 is 15.3 Å². The van der Waals surface area contributed by atoms with Crippen LogP contribution in [-0.4, -0.2) is 50.5 Å². The molecular weight excluding hydrogens is 274 g/mol. The van der Waals surface area contributed by atoms with Crippen LogP contribution in [0.5, 0.6) is 0 Å². The molecule has 1 unspecified atom stereocenters. The van der Waals surface area contributed by atoms with Gasteiger partial charge in [-0.15, -0.1) is 0 Å². The van der Waals surface area contributed by atoms with Gasteiger partial charge in [0.1, 0.15) is 0 Å². The molecule has 1 fully saturated rings. The number of likely N-dealkylation sites (tertiary alicyclic amines) is 1. The van der Waals surface area contributed by atoms with E-state index in [2.05, 4.69) is 0 Å². The second-order valence-electron chi connectivity index (χ2n) is 7.96. The third kappa shape index (κ3) is 2.61. The number of aliphatic hydroxyl groups excluding tert-OH is 1. The first-order valence-electron chi connectivity index (χ1n) is 7.20. The Bertz CT molecular complexity index is 434. The molecule has 1 aliphatic heterocycles. The number of aliphatic carboxylic acids is 1. The van der Waals surface area contributed by atoms with Gasteiger partial charge in [0.05, 0.1) is 6.10 Å². The van der Waals surface area contributed by atoms with Crippen molar-refractivity contribution in [1.82, 2.24) is 4.90 Å². The van der Waals surface area contributed by atoms with Gasteiger partial charge in [0.15, 0.2) is 5.54 Å². The fraction of sp³-hybridized carbons (Fsp3) is 0.867. The van der Waals surface area contributed by atoms with Gasteiger partial charge in [0.25, 0.3) is 0 Å². The number of nitrogens with zero attached hydrogens (tertiary/aromatic N) is 1. The first-order chi connectivity index (χ1) is 9.27. The maximum absolute atomic E-state index is 12.2. The van der Waals surface area contributed by atoms with E-state index in [1.165, 1.54) is 0 Å². The van der Waals surface area contributed by atoms with Gasteiger partial charge >= 0.3 is 12.1 Å². The first kappa shape index (κ1) is 17.8. The molecule has 1 rings (SSSR count). The van der Waals surface area contributed by atoms with Crippen molar-refractivity contribution in [2.24, 2.45) is 16.7 Å². The van der Waals surface area contributed by atoms with Crippen LogP contribution in [0, 0.1) is 16.7 Å². The van der Waals surface area contributed by atoms with Crippen LogP contribution < -0.4 is 0 Å². The second-order valence-corrected chi connectivity index (χ2v) is 7.96. The van der Waals surface area contributed by atoms with Crippen molar-refractivity contribution in [3.8, 4) is 0 Å². The maximum atomic E-state index is 12.2. The van der Waals surface area contributed by atoms with Gasteiger partial charge in [-0.1, -0.05) is 41.5 Å². The Morgan fingerprint density at radius 2 is 1.57 bits per heavy atom. The number of carboxylic acid groups (broad SMARTS) is 2. The van der Waals surface area contributed by atoms with Gasteiger partial charge in [0.2, 0.25) is 0 Å². The van der Waals surface area contributed by atoms with E-state index in [4.69, 9.17) is 0 Å². The summed E-state index contributed by atoms with van der Waals surface area (Å²) >= 11 is 0. The highest BCUT2D eigenvalue weighted by Crippen LogP contribution is 2.52. The molecule has 122 valence electrons. The van der Waals surface area contributed by atoms with Crippen LogP contribution >= 0.6 is 0 Å². The molecule has 1 amide bonds. The Labute approximate surface area is 125 Å². The van der Waals surface area contributed by atoms with Crippen molar-refractivity contribution in [3.05, 3.63) is 0 Å². The summed E-state index contributed by atoms with van der Waals surface area (Å²) in [5, 5.41) is 30.0. The molecule has 1 aliphatic rings. The standard InChI is InChI=1S/C15H27NO5/c1-13(2,3)10-9(17)7-8-16(12(20)21)15(10,11(18)19)14(4,5)6/h9-10,17H,7-8H2,1-6H3,(H,18,19)(H,20,21)/t9-,10?,15-/m1/s1. The van der Waals surface area contributed by atoms with Crippen molar-refractivity contribution in [2.45, 2.75) is 59.6 Å². The predicted octanol–water partition coefficient (Wildman–Crippen LogP) is 2.26. The Morgan fingerprint density at radius 3 is 1.86 bits per heavy atom. The average Bonchev–Trinajstić information content (AvgIpc) is 2.23. The smallest absolute Gasteiger partial charge is 0.408 e. The fourth-order valence-electron chi connectivity index (χ4n) is 3.94. The molecule has 6 heteroatoms. The molecule has 0 spiro atoms. The molecule has 6 nitrogen and oxygen atoms in total. The summed E-state index contributed by atoms with van der Waals surface area (Å²) in [6, 6.07) is 0. The summed E-state index contributed by atoms with van der Waals surface area (Å²) in [5.74, 6) is -1.90. The minimum Gasteiger partial charge on any atom is -0.479 e. The molecule has 0 aromatic heterocycles. The monoisotopic (exact) mass is 301 g/mol. The number of carbonyl (C=O) groups is 2. The van der Waals surface area contributed by atoms with E-state index in [0.717, 1.165) is 4.90 Å². The van der Waals surface area contributed by atoms with Crippen molar-refractivity contribution >= 4 is 12.1 Å². The molecule has 0 bridgehead atoms. The molecule has 0 radical (unpaired) electrons. The molecule has 21 heavy (non-hydrogen) atoms. The van der Waals surface area contributed by atoms with Crippen LogP contribution in [0.3, 0.4) is 0 Å². The average molecular weight is 301 g/mol. The lowest BCUT2D eigenvalue weighted by Crippen LogP contribution is -2.74. The van der Waals surface area contributed by atoms with Crippen molar-refractivity contribution < 1.29 is 24.9 Å². The summed E-state index contributed by atoms with van der Waals surface area (Å²) in [4.78, 5) is 24.9. The second kappa shape index (κ2) is 5.16. The minimum atomic E-state index is -1.67. The number of piperidine rings is 1. The van der Waals surface area contributed by atoms with Crippen LogP contribution in [0.25, 0.3) is 0 Å². The number of carboxylic acids is 1. The number of rotatable bonds is 1. The van der Waals surface area contributed by atoms with E-state index in [0.29, 0.717) is 0 Å². The van der Waals surface area contributed by atoms with E-state index in [1.54, 1.807) is 20.8 Å². The highest BCUT2D eigenvalue weighted by Gasteiger charge is 2.66. The molecule has 0 aromatic rings. The molecule has 0 aliphatic carbocycles. The van der Waals surface area contributed by atoms with Gasteiger partial charge in [-0.25, -0.2) is 9.59 Å². The van der Waals surface area contributed by atoms with Crippen molar-refractivity contribution in [1.29, 1.82) is 0 Å². The molecule has 3 N–H and O–H groups in total. The van der Waals surface area contributed by atoms with Crippen LogP contribution in [0.2, 0.25) is 0 Å². The molecule has 0 saturated carbocycles. The van der Waals surface area contributed by atoms with Gasteiger partial charge in [-0.3, -0.25) is 4.90 Å². The lowest BCUT2D eigenvalue weighted by Gasteiger charge is -2.59. The summed E-state index contributed by atoms with van der Waals surface area (Å²) in [6.07, 6.45) is -1.86. The van der Waals surface area contributed by atoms with Crippen LogP contribution in [0.4, 0.5) is 4.79 Å². The first-order valence-corrected chi connectivity index (χ1v) is 7.20. The normalized spacial score (nSPS) is 31.1. The van der Waals surface area contributed by atoms with E-state index in [9.17, 15) is 24.9 Å². The minimum absolute atomic E-state index is 0.0205. The zero-order valence-corrected chi connectivity index (χ0v) is 13.7. The summed E-state index contributed by atoms with van der Waals surface area (Å²) in [6.45, 7) is 10.7. The molecule has 3 atom stereocenters. The van der Waals surface area contributed by atoms with E-state index in [-0.39, 0.29) is 13.0 Å². The van der Waals surface area contributed by atoms with Gasteiger partial charge in [-0.05, 0) is 17.3 Å². The zero-order valence-electron chi connectivity index (χ0n) is 13.7. The van der Waals surface area contributed by atoms with Crippen molar-refractivity contribution in [3.63, 3.8) is 0 Å². The SMILES string of the molecule is CC(C)(C)C1[C@H](O)CCN(C(=O)O)[C@]1(C(=O)O)C(C)(C)C. The topological polar surface area (TPSA) is 98.1 Å². The molecular formula is C15H27NO5. The lowest BCUT2D eigenvalue weighted by molar-refractivity contribution is -0.191. The highest BCUT2D eigenvalue weighted by atomic mass is 16.4. The number of amides is 1. The van der Waals surface area contributed by atoms with E-state index >= 15 is 0 Å². The Kier molecular flexibility index (Phi) is 4.36. The third-order valence-electron chi connectivity index (χ3n) is 4.54. The van der Waals surface area contributed by atoms with E-state index in [1.807, 2.05) is 20.8 Å². The fourth-order valence-corrected chi connectivity index (χ4v) is 3.94. The number of aliphatic hydroxyl groups is 1. The Hall–Kier alpha value is -1.30. The summed E-state index contributed by atoms with van der Waals surface area (Å²) < 4.78 is 0. The number of hydrogen-bond donors (Lipinski definition) is 3. The Balaban J connectivity index is 3.70. The molecule has 1 heterocycles. The van der Waals surface area contributed by atoms with Crippen LogP contribution in [0.15, 0.2) is 0 Å². The molecule has 0 aromatic carbocycles. The lowest BCUT2D eigenvalue weighted by atomic mass is 9.54. The number of hydrogen-bond acceptors (Lipinski definition) is 3. The summed E-state index contributed by atoms with van der Waals surface area (Å²) in [7, 11) is 0. The van der Waals surface area contributed by atoms with Gasteiger partial charge in [-0.2, -0.15) is 0 Å². The third-order valence-corrected chi connectivity index (χ3v) is 4.54. The van der Waals surface area contributed by atoms with E-state index < -0.39 is 40.5 Å². The van der Waals surface area contributed by atoms with Crippen LogP contribution in [-0.2, 0) is 4.79 Å². The largest absolute Gasteiger partial charge is 0.479 e. The quantitative estimate of drug-likeness (QED) is 0.690. The van der Waals surface area contributed by atoms with Crippen molar-refractivity contribution in [2.75, 3.05) is 6.54 Å². The Morgan fingerprint density at radius 1 is 1.10 bits per heavy atom. The van der Waals surface area contributed by atoms with Crippen LogP contribution in [0.1, 0.15) is 48.0 Å². The predicted molar refractivity (Wildman–Crippen MR) is 78.1 cm³/mol. The highest BCUT2D eigenvalue weighted by molar-refractivity contribution is 5.86. The zero-order chi connectivity index (χ0) is 16.8. The van der Waals surface area contributed by atoms with Gasteiger partial charge in [0, 0.05) is 12.5 Å².